The van der Waals surface area contributed by atoms with Gasteiger partial charge in [-0.15, -0.1) is 13.2 Å². The van der Waals surface area contributed by atoms with Crippen molar-refractivity contribution in [2.24, 2.45) is 11.8 Å². The number of aromatic hydroxyl groups is 1. The molecule has 2 spiro atoms. The molecule has 48 heavy (non-hydrogen) atoms. The summed E-state index contributed by atoms with van der Waals surface area (Å²) in [6.07, 6.45) is 12.2. The van der Waals surface area contributed by atoms with Crippen LogP contribution in [0.5, 0.6) is 23.0 Å². The maximum absolute atomic E-state index is 13.7. The number of carbonyl (C=O) groups is 1. The fourth-order valence-corrected chi connectivity index (χ4v) is 11.4. The van der Waals surface area contributed by atoms with Crippen molar-refractivity contribution in [1.82, 2.24) is 9.80 Å². The SMILES string of the molecule is C=CCN1CC[C@]23c4c5ccc(O)c4O[C@H]2[C@@H](OC(=O)Oc2ccc4c6c2O[C@H]2[C@@H](O)C=C[C@H]7[C@@H](C4)N(CC=C)CC[C@@]672)C=C[C@H]3C1C5. The lowest BCUT2D eigenvalue weighted by Crippen LogP contribution is -2.65. The summed E-state index contributed by atoms with van der Waals surface area (Å²) < 4.78 is 25.3. The first kappa shape index (κ1) is 28.9. The molecule has 2 N–H and O–H groups in total. The number of nitrogens with zero attached hydrogens (tertiary/aromatic N) is 2. The second kappa shape index (κ2) is 10.00. The molecular formula is C39H40N2O7. The first-order chi connectivity index (χ1) is 23.4. The standard InChI is InChI=1S/C39H40N2O7/c1-3-15-40-17-13-38-23-7-10-28(43)35(38)48-34-29(11-6-22(32(34)38)20-25(23)40)45-37(44)46-30-12-8-24-26-19-21-5-9-27(42)33-31(21)39(24,36(30)47-33)14-18-41(26)16-4-2/h3-12,23-26,28,30,35-36,42-43H,1-2,13-20H2/t23-,24-,25+,26?,28-,30-,35-,36-,38-,39-/m0/s1. The molecule has 4 aliphatic heterocycles. The fourth-order valence-electron chi connectivity index (χ4n) is 11.4. The number of rotatable bonds is 6. The molecule has 10 atom stereocenters. The number of phenolic OH excluding ortho intramolecular Hbond substituents is 1. The van der Waals surface area contributed by atoms with Crippen molar-refractivity contribution in [3.05, 3.63) is 96.1 Å². The first-order valence-corrected chi connectivity index (χ1v) is 17.4. The molecule has 4 heterocycles. The number of piperidine rings is 2. The number of aliphatic hydroxyl groups excluding tert-OH is 1. The lowest BCUT2D eigenvalue weighted by molar-refractivity contribution is -0.0595. The highest BCUT2D eigenvalue weighted by molar-refractivity contribution is 5.70. The Labute approximate surface area is 279 Å². The highest BCUT2D eigenvalue weighted by Crippen LogP contribution is 2.64. The van der Waals surface area contributed by atoms with E-state index in [4.69, 9.17) is 18.9 Å². The molecule has 1 unspecified atom stereocenters. The Morgan fingerprint density at radius 2 is 1.46 bits per heavy atom. The van der Waals surface area contributed by atoms with Gasteiger partial charge in [-0.2, -0.15) is 0 Å². The number of hydrogen-bond donors (Lipinski definition) is 2. The average Bonchev–Trinajstić information content (AvgIpc) is 3.62. The summed E-state index contributed by atoms with van der Waals surface area (Å²) >= 11 is 0. The van der Waals surface area contributed by atoms with E-state index in [1.54, 1.807) is 12.1 Å². The number of phenols is 1. The first-order valence-electron chi connectivity index (χ1n) is 17.4. The zero-order chi connectivity index (χ0) is 32.5. The molecule has 9 heteroatoms. The summed E-state index contributed by atoms with van der Waals surface area (Å²) in [7, 11) is 0. The van der Waals surface area contributed by atoms with Crippen LogP contribution in [-0.2, 0) is 28.4 Å². The van der Waals surface area contributed by atoms with Gasteiger partial charge >= 0.3 is 6.16 Å². The molecular weight excluding hydrogens is 608 g/mol. The van der Waals surface area contributed by atoms with Crippen molar-refractivity contribution >= 4 is 6.16 Å². The third-order valence-corrected chi connectivity index (χ3v) is 13.1. The average molecular weight is 649 g/mol. The molecule has 0 radical (unpaired) electrons. The van der Waals surface area contributed by atoms with Crippen LogP contribution in [0.3, 0.4) is 0 Å². The van der Waals surface area contributed by atoms with Crippen molar-refractivity contribution in [2.75, 3.05) is 26.2 Å². The van der Waals surface area contributed by atoms with Crippen LogP contribution in [0.2, 0.25) is 0 Å². The molecule has 4 bridgehead atoms. The number of carbonyl (C=O) groups excluding carboxylic acids is 1. The molecule has 0 amide bonds. The van der Waals surface area contributed by atoms with Gasteiger partial charge in [0.25, 0.3) is 0 Å². The van der Waals surface area contributed by atoms with Crippen molar-refractivity contribution in [2.45, 2.75) is 73.0 Å². The van der Waals surface area contributed by atoms with Gasteiger partial charge in [0.1, 0.15) is 18.3 Å². The van der Waals surface area contributed by atoms with Crippen molar-refractivity contribution in [3.8, 4) is 23.0 Å². The number of aliphatic hydroxyl groups is 1. The molecule has 2 aromatic carbocycles. The zero-order valence-corrected chi connectivity index (χ0v) is 26.8. The van der Waals surface area contributed by atoms with Crippen molar-refractivity contribution in [3.63, 3.8) is 0 Å². The lowest BCUT2D eigenvalue weighted by atomic mass is 9.53. The van der Waals surface area contributed by atoms with Crippen LogP contribution < -0.4 is 14.2 Å². The topological polar surface area (TPSA) is 101 Å². The van der Waals surface area contributed by atoms with E-state index in [-0.39, 0.29) is 35.1 Å². The highest BCUT2D eigenvalue weighted by Gasteiger charge is 2.66. The molecule has 248 valence electrons. The van der Waals surface area contributed by atoms with Gasteiger partial charge in [0, 0.05) is 59.0 Å². The summed E-state index contributed by atoms with van der Waals surface area (Å²) in [4.78, 5) is 18.7. The molecule has 2 aromatic rings. The van der Waals surface area contributed by atoms with Gasteiger partial charge in [0.15, 0.2) is 29.1 Å². The molecule has 10 rings (SSSR count). The van der Waals surface area contributed by atoms with Gasteiger partial charge in [-0.1, -0.05) is 42.5 Å². The van der Waals surface area contributed by atoms with Gasteiger partial charge in [-0.25, -0.2) is 4.79 Å². The number of likely N-dealkylation sites (tertiary alicyclic amines) is 2. The second-order valence-electron chi connectivity index (χ2n) is 14.9. The minimum absolute atomic E-state index is 0.118. The van der Waals surface area contributed by atoms with Crippen molar-refractivity contribution in [1.29, 1.82) is 0 Å². The minimum Gasteiger partial charge on any atom is -0.504 e. The van der Waals surface area contributed by atoms with E-state index in [2.05, 4.69) is 35.1 Å². The monoisotopic (exact) mass is 648 g/mol. The largest absolute Gasteiger partial charge is 0.514 e. The number of ether oxygens (including phenoxy) is 4. The predicted molar refractivity (Wildman–Crippen MR) is 177 cm³/mol. The summed E-state index contributed by atoms with van der Waals surface area (Å²) in [5, 5.41) is 22.1. The summed E-state index contributed by atoms with van der Waals surface area (Å²) in [6, 6.07) is 8.11. The summed E-state index contributed by atoms with van der Waals surface area (Å²) in [5.41, 5.74) is 3.68. The van der Waals surface area contributed by atoms with Crippen LogP contribution in [-0.4, -0.2) is 88.8 Å². The fraction of sp³-hybridized carbons (Fsp3) is 0.462. The second-order valence-corrected chi connectivity index (χ2v) is 14.9. The predicted octanol–water partition coefficient (Wildman–Crippen LogP) is 4.34. The van der Waals surface area contributed by atoms with E-state index in [1.807, 2.05) is 36.4 Å². The van der Waals surface area contributed by atoms with Crippen LogP contribution in [0.25, 0.3) is 0 Å². The Bertz CT molecular complexity index is 1840. The maximum atomic E-state index is 13.7. The number of hydrogen-bond acceptors (Lipinski definition) is 9. The Hall–Kier alpha value is -4.05. The Morgan fingerprint density at radius 1 is 0.854 bits per heavy atom. The molecule has 8 aliphatic rings. The Balaban J connectivity index is 0.969. The van der Waals surface area contributed by atoms with Crippen LogP contribution in [0.15, 0.2) is 73.9 Å². The van der Waals surface area contributed by atoms with Crippen LogP contribution in [0.4, 0.5) is 4.79 Å². The third-order valence-electron chi connectivity index (χ3n) is 13.1. The normalized spacial score (nSPS) is 38.7. The molecule has 2 saturated heterocycles. The molecule has 2 fully saturated rings. The number of benzene rings is 2. The van der Waals surface area contributed by atoms with Gasteiger partial charge in [0.05, 0.1) is 0 Å². The van der Waals surface area contributed by atoms with Crippen molar-refractivity contribution < 1.29 is 34.0 Å². The van der Waals surface area contributed by atoms with Crippen LogP contribution in [0.1, 0.15) is 35.1 Å². The van der Waals surface area contributed by atoms with E-state index in [9.17, 15) is 15.0 Å². The molecule has 0 saturated carbocycles. The van der Waals surface area contributed by atoms with Gasteiger partial charge in [-0.3, -0.25) is 9.80 Å². The van der Waals surface area contributed by atoms with Crippen LogP contribution >= 0.6 is 0 Å². The Morgan fingerprint density at radius 3 is 2.15 bits per heavy atom. The van der Waals surface area contributed by atoms with E-state index in [0.717, 1.165) is 63.0 Å². The minimum atomic E-state index is -0.836. The van der Waals surface area contributed by atoms with Gasteiger partial charge in [0.2, 0.25) is 0 Å². The van der Waals surface area contributed by atoms with E-state index in [1.165, 1.54) is 11.1 Å². The van der Waals surface area contributed by atoms with Gasteiger partial charge < -0.3 is 29.2 Å². The van der Waals surface area contributed by atoms with E-state index in [0.29, 0.717) is 17.2 Å². The highest BCUT2D eigenvalue weighted by atomic mass is 16.7. The molecule has 0 aromatic heterocycles. The lowest BCUT2D eigenvalue weighted by Gasteiger charge is -2.57. The van der Waals surface area contributed by atoms with E-state index >= 15 is 0 Å². The molecule has 4 aliphatic carbocycles. The van der Waals surface area contributed by atoms with Gasteiger partial charge in [-0.05, 0) is 68.1 Å². The summed E-state index contributed by atoms with van der Waals surface area (Å²) in [6.45, 7) is 11.3. The smallest absolute Gasteiger partial charge is 0.504 e. The van der Waals surface area contributed by atoms with E-state index < -0.39 is 36.0 Å². The quantitative estimate of drug-likeness (QED) is 0.269. The third kappa shape index (κ3) is 3.49. The maximum Gasteiger partial charge on any atom is 0.514 e. The Kier molecular flexibility index (Phi) is 6.02. The van der Waals surface area contributed by atoms with Crippen LogP contribution in [0, 0.1) is 11.8 Å². The zero-order valence-electron chi connectivity index (χ0n) is 26.8. The summed E-state index contributed by atoms with van der Waals surface area (Å²) in [5.74, 6) is 1.81. The molecule has 9 nitrogen and oxygen atoms in total.